The maximum absolute atomic E-state index is 3.51. The lowest BCUT2D eigenvalue weighted by atomic mass is 10.0. The van der Waals surface area contributed by atoms with Crippen LogP contribution in [-0.4, -0.2) is 12.0 Å². The Bertz CT molecular complexity index is 488. The summed E-state index contributed by atoms with van der Waals surface area (Å²) in [5, 5.41) is 4.58. The number of aryl methyl sites for hydroxylation is 1. The average Bonchev–Trinajstić information content (AvgIpc) is 2.52. The SMILES string of the molecule is CNC(C)c1c(C)[nH]c2ccc(Br)cc12. The molecule has 15 heavy (non-hydrogen) atoms. The number of hydrogen-bond acceptors (Lipinski definition) is 1. The highest BCUT2D eigenvalue weighted by Crippen LogP contribution is 2.29. The van der Waals surface area contributed by atoms with E-state index in [0.29, 0.717) is 6.04 Å². The predicted octanol–water partition coefficient (Wildman–Crippen LogP) is 3.52. The quantitative estimate of drug-likeness (QED) is 0.856. The highest BCUT2D eigenvalue weighted by Gasteiger charge is 2.13. The first-order chi connectivity index (χ1) is 7.13. The Hall–Kier alpha value is -0.800. The number of H-pyrrole nitrogens is 1. The molecule has 2 N–H and O–H groups in total. The van der Waals surface area contributed by atoms with Gasteiger partial charge in [0.2, 0.25) is 0 Å². The van der Waals surface area contributed by atoms with E-state index in [0.717, 1.165) is 4.47 Å². The van der Waals surface area contributed by atoms with E-state index >= 15 is 0 Å². The van der Waals surface area contributed by atoms with Gasteiger partial charge in [0.05, 0.1) is 0 Å². The van der Waals surface area contributed by atoms with E-state index in [2.05, 4.69) is 58.3 Å². The van der Waals surface area contributed by atoms with Crippen LogP contribution in [0.3, 0.4) is 0 Å². The normalized spacial score (nSPS) is 13.3. The first-order valence-corrected chi connectivity index (χ1v) is 5.87. The Morgan fingerprint density at radius 2 is 2.13 bits per heavy atom. The summed E-state index contributed by atoms with van der Waals surface area (Å²) < 4.78 is 1.12. The number of hydrogen-bond donors (Lipinski definition) is 2. The number of fused-ring (bicyclic) bond motifs is 1. The van der Waals surface area contributed by atoms with Gasteiger partial charge in [0.25, 0.3) is 0 Å². The van der Waals surface area contributed by atoms with Crippen molar-refractivity contribution in [3.05, 3.63) is 33.9 Å². The molecule has 80 valence electrons. The van der Waals surface area contributed by atoms with Gasteiger partial charge < -0.3 is 10.3 Å². The van der Waals surface area contributed by atoms with Crippen molar-refractivity contribution in [2.45, 2.75) is 19.9 Å². The number of benzene rings is 1. The van der Waals surface area contributed by atoms with Crippen molar-refractivity contribution in [1.29, 1.82) is 0 Å². The highest BCUT2D eigenvalue weighted by molar-refractivity contribution is 9.10. The van der Waals surface area contributed by atoms with Gasteiger partial charge in [-0.15, -0.1) is 0 Å². The van der Waals surface area contributed by atoms with Crippen LogP contribution in [0.25, 0.3) is 10.9 Å². The molecule has 0 fully saturated rings. The Morgan fingerprint density at radius 1 is 1.40 bits per heavy atom. The van der Waals surface area contributed by atoms with Crippen molar-refractivity contribution in [3.8, 4) is 0 Å². The van der Waals surface area contributed by atoms with Gasteiger partial charge in [-0.3, -0.25) is 0 Å². The molecule has 1 aromatic heterocycles. The summed E-state index contributed by atoms with van der Waals surface area (Å²) in [6.45, 7) is 4.30. The maximum atomic E-state index is 3.51. The van der Waals surface area contributed by atoms with Crippen LogP contribution in [0.5, 0.6) is 0 Å². The molecule has 0 saturated carbocycles. The molecule has 0 amide bonds. The fourth-order valence-corrected chi connectivity index (χ4v) is 2.38. The monoisotopic (exact) mass is 266 g/mol. The Morgan fingerprint density at radius 3 is 2.80 bits per heavy atom. The average molecular weight is 267 g/mol. The number of nitrogens with one attached hydrogen (secondary N) is 2. The molecular weight excluding hydrogens is 252 g/mol. The summed E-state index contributed by atoms with van der Waals surface area (Å²) in [7, 11) is 1.99. The Kier molecular flexibility index (Phi) is 2.85. The van der Waals surface area contributed by atoms with Crippen LogP contribution >= 0.6 is 15.9 Å². The van der Waals surface area contributed by atoms with E-state index in [4.69, 9.17) is 0 Å². The predicted molar refractivity (Wildman–Crippen MR) is 68.2 cm³/mol. The van der Waals surface area contributed by atoms with Gasteiger partial charge in [0.15, 0.2) is 0 Å². The zero-order chi connectivity index (χ0) is 11.0. The van der Waals surface area contributed by atoms with E-state index in [1.165, 1.54) is 22.2 Å². The summed E-state index contributed by atoms with van der Waals surface area (Å²) in [4.78, 5) is 3.41. The third kappa shape index (κ3) is 1.82. The second kappa shape index (κ2) is 3.99. The minimum Gasteiger partial charge on any atom is -0.358 e. The molecule has 2 aromatic rings. The van der Waals surface area contributed by atoms with E-state index < -0.39 is 0 Å². The summed E-state index contributed by atoms with van der Waals surface area (Å²) in [5.74, 6) is 0. The zero-order valence-corrected chi connectivity index (χ0v) is 10.8. The molecule has 0 bridgehead atoms. The van der Waals surface area contributed by atoms with Gasteiger partial charge in [0, 0.05) is 27.1 Å². The Balaban J connectivity index is 2.70. The third-order valence-electron chi connectivity index (χ3n) is 2.86. The van der Waals surface area contributed by atoms with Crippen LogP contribution in [0.1, 0.15) is 24.2 Å². The van der Waals surface area contributed by atoms with Gasteiger partial charge in [-0.25, -0.2) is 0 Å². The molecule has 0 spiro atoms. The van der Waals surface area contributed by atoms with Gasteiger partial charge in [0.1, 0.15) is 0 Å². The maximum Gasteiger partial charge on any atom is 0.0460 e. The van der Waals surface area contributed by atoms with Gasteiger partial charge in [-0.05, 0) is 44.7 Å². The lowest BCUT2D eigenvalue weighted by molar-refractivity contribution is 0.653. The van der Waals surface area contributed by atoms with Gasteiger partial charge >= 0.3 is 0 Å². The van der Waals surface area contributed by atoms with Gasteiger partial charge in [-0.1, -0.05) is 15.9 Å². The lowest BCUT2D eigenvalue weighted by Crippen LogP contribution is -2.12. The molecule has 0 aliphatic carbocycles. The minimum absolute atomic E-state index is 0.369. The van der Waals surface area contributed by atoms with E-state index in [-0.39, 0.29) is 0 Å². The number of rotatable bonds is 2. The topological polar surface area (TPSA) is 27.8 Å². The largest absolute Gasteiger partial charge is 0.358 e. The highest BCUT2D eigenvalue weighted by atomic mass is 79.9. The number of halogens is 1. The van der Waals surface area contributed by atoms with Gasteiger partial charge in [-0.2, -0.15) is 0 Å². The second-order valence-corrected chi connectivity index (χ2v) is 4.78. The summed E-state index contributed by atoms with van der Waals surface area (Å²) in [6, 6.07) is 6.71. The van der Waals surface area contributed by atoms with Crippen LogP contribution in [0, 0.1) is 6.92 Å². The first kappa shape index (κ1) is 10.7. The van der Waals surface area contributed by atoms with Crippen LogP contribution in [0.2, 0.25) is 0 Å². The smallest absolute Gasteiger partial charge is 0.0460 e. The second-order valence-electron chi connectivity index (χ2n) is 3.86. The zero-order valence-electron chi connectivity index (χ0n) is 9.19. The molecule has 1 atom stereocenters. The Labute approximate surface area is 98.2 Å². The molecule has 1 unspecified atom stereocenters. The minimum atomic E-state index is 0.369. The molecule has 2 rings (SSSR count). The van der Waals surface area contributed by atoms with Crippen LogP contribution < -0.4 is 5.32 Å². The van der Waals surface area contributed by atoms with Crippen molar-refractivity contribution in [2.24, 2.45) is 0 Å². The van der Waals surface area contributed by atoms with E-state index in [9.17, 15) is 0 Å². The molecule has 3 heteroatoms. The van der Waals surface area contributed by atoms with Crippen molar-refractivity contribution in [1.82, 2.24) is 10.3 Å². The standard InChI is InChI=1S/C12H15BrN2/c1-7(14-3)12-8(2)15-11-5-4-9(13)6-10(11)12/h4-7,14-15H,1-3H3. The summed E-state index contributed by atoms with van der Waals surface area (Å²) in [6.07, 6.45) is 0. The van der Waals surface area contributed by atoms with Crippen LogP contribution in [0.15, 0.2) is 22.7 Å². The molecule has 2 nitrogen and oxygen atoms in total. The molecular formula is C12H15BrN2. The van der Waals surface area contributed by atoms with E-state index in [1.54, 1.807) is 0 Å². The fourth-order valence-electron chi connectivity index (χ4n) is 2.02. The molecule has 0 radical (unpaired) electrons. The summed E-state index contributed by atoms with van der Waals surface area (Å²) >= 11 is 3.51. The van der Waals surface area contributed by atoms with Crippen molar-refractivity contribution >= 4 is 26.8 Å². The fraction of sp³-hybridized carbons (Fsp3) is 0.333. The van der Waals surface area contributed by atoms with Crippen LogP contribution in [0.4, 0.5) is 0 Å². The molecule has 0 saturated heterocycles. The van der Waals surface area contributed by atoms with Crippen molar-refractivity contribution in [3.63, 3.8) is 0 Å². The first-order valence-electron chi connectivity index (χ1n) is 5.08. The lowest BCUT2D eigenvalue weighted by Gasteiger charge is -2.10. The molecule has 1 aromatic carbocycles. The molecule has 1 heterocycles. The molecule has 0 aliphatic rings. The van der Waals surface area contributed by atoms with E-state index in [1.807, 2.05) is 7.05 Å². The number of aromatic amines is 1. The van der Waals surface area contributed by atoms with Crippen molar-refractivity contribution < 1.29 is 0 Å². The third-order valence-corrected chi connectivity index (χ3v) is 3.36. The van der Waals surface area contributed by atoms with Crippen LogP contribution in [-0.2, 0) is 0 Å². The molecule has 0 aliphatic heterocycles. The summed E-state index contributed by atoms with van der Waals surface area (Å²) in [5.41, 5.74) is 3.80. The van der Waals surface area contributed by atoms with Crippen molar-refractivity contribution in [2.75, 3.05) is 7.05 Å². The number of aromatic nitrogens is 1.